The van der Waals surface area contributed by atoms with Crippen molar-refractivity contribution in [1.82, 2.24) is 0 Å². The molecule has 1 saturated heterocycles. The van der Waals surface area contributed by atoms with Gasteiger partial charge in [0.15, 0.2) is 9.84 Å². The van der Waals surface area contributed by atoms with Gasteiger partial charge in [0.25, 0.3) is 0 Å². The van der Waals surface area contributed by atoms with Crippen molar-refractivity contribution in [3.05, 3.63) is 0 Å². The summed E-state index contributed by atoms with van der Waals surface area (Å²) in [6.45, 7) is 0.764. The number of halogens is 1. The molecule has 3 nitrogen and oxygen atoms in total. The van der Waals surface area contributed by atoms with Crippen LogP contribution in [-0.2, 0) is 14.6 Å². The van der Waals surface area contributed by atoms with Gasteiger partial charge < -0.3 is 4.74 Å². The van der Waals surface area contributed by atoms with Crippen molar-refractivity contribution in [3.8, 4) is 0 Å². The summed E-state index contributed by atoms with van der Waals surface area (Å²) in [4.78, 5) is 0. The molecule has 0 amide bonds. The highest BCUT2D eigenvalue weighted by molar-refractivity contribution is 14.1. The van der Waals surface area contributed by atoms with Gasteiger partial charge in [0.1, 0.15) is 0 Å². The van der Waals surface area contributed by atoms with E-state index in [0.717, 1.165) is 6.61 Å². The van der Waals surface area contributed by atoms with E-state index in [2.05, 4.69) is 22.6 Å². The van der Waals surface area contributed by atoms with Gasteiger partial charge in [0, 0.05) is 6.61 Å². The largest absolute Gasteiger partial charge is 0.376 e. The Morgan fingerprint density at radius 3 is 2.46 bits per heavy atom. The van der Waals surface area contributed by atoms with Gasteiger partial charge in [-0.05, 0) is 18.8 Å². The summed E-state index contributed by atoms with van der Waals surface area (Å²) < 4.78 is 28.2. The van der Waals surface area contributed by atoms with Gasteiger partial charge in [-0.3, -0.25) is 0 Å². The molecule has 2 rings (SSSR count). The Hall–Kier alpha value is 0.640. The van der Waals surface area contributed by atoms with Crippen LogP contribution in [0.4, 0.5) is 0 Å². The maximum Gasteiger partial charge on any atom is 0.154 e. The Morgan fingerprint density at radius 1 is 1.31 bits per heavy atom. The minimum atomic E-state index is -2.80. The van der Waals surface area contributed by atoms with E-state index in [4.69, 9.17) is 4.74 Å². The van der Waals surface area contributed by atoms with Gasteiger partial charge in [-0.1, -0.05) is 22.6 Å². The fraction of sp³-hybridized carbons (Fsp3) is 1.00. The lowest BCUT2D eigenvalue weighted by Gasteiger charge is -2.12. The molecule has 0 aromatic rings. The van der Waals surface area contributed by atoms with Crippen LogP contribution in [0.15, 0.2) is 0 Å². The second kappa shape index (κ2) is 3.66. The summed E-state index contributed by atoms with van der Waals surface area (Å²) in [5, 5.41) is 0. The topological polar surface area (TPSA) is 43.4 Å². The van der Waals surface area contributed by atoms with E-state index in [9.17, 15) is 8.42 Å². The van der Waals surface area contributed by atoms with Crippen molar-refractivity contribution >= 4 is 32.4 Å². The molecule has 76 valence electrons. The lowest BCUT2D eigenvalue weighted by Crippen LogP contribution is -2.23. The Balaban J connectivity index is 1.85. The summed E-state index contributed by atoms with van der Waals surface area (Å²) >= 11 is 2.18. The fourth-order valence-corrected chi connectivity index (χ4v) is 5.58. The zero-order chi connectivity index (χ0) is 9.47. The first kappa shape index (κ1) is 10.2. The molecule has 2 aliphatic rings. The molecule has 1 aliphatic carbocycles. The van der Waals surface area contributed by atoms with Crippen LogP contribution in [0.2, 0.25) is 0 Å². The minimum absolute atomic E-state index is 0.0498. The SMILES string of the molecule is O=S1(=O)CC(I)C(OCC2CC2)C1. The molecule has 0 aromatic carbocycles. The smallest absolute Gasteiger partial charge is 0.154 e. The highest BCUT2D eigenvalue weighted by Crippen LogP contribution is 2.31. The van der Waals surface area contributed by atoms with Crippen LogP contribution in [0.1, 0.15) is 12.8 Å². The third-order valence-corrected chi connectivity index (χ3v) is 6.02. The van der Waals surface area contributed by atoms with E-state index < -0.39 is 9.84 Å². The Labute approximate surface area is 92.3 Å². The zero-order valence-electron chi connectivity index (χ0n) is 7.28. The third-order valence-electron chi connectivity index (χ3n) is 2.48. The molecule has 2 unspecified atom stereocenters. The highest BCUT2D eigenvalue weighted by atomic mass is 127. The van der Waals surface area contributed by atoms with E-state index in [0.29, 0.717) is 11.7 Å². The predicted octanol–water partition coefficient (Wildman–Crippen LogP) is 1.01. The predicted molar refractivity (Wildman–Crippen MR) is 58.9 cm³/mol. The van der Waals surface area contributed by atoms with Crippen molar-refractivity contribution in [2.45, 2.75) is 22.9 Å². The highest BCUT2D eigenvalue weighted by Gasteiger charge is 2.37. The van der Waals surface area contributed by atoms with E-state index in [1.165, 1.54) is 12.8 Å². The summed E-state index contributed by atoms with van der Waals surface area (Å²) in [6.07, 6.45) is 2.46. The Bertz CT molecular complexity index is 284. The molecule has 13 heavy (non-hydrogen) atoms. The summed E-state index contributed by atoms with van der Waals surface area (Å²) in [6, 6.07) is 0. The Morgan fingerprint density at radius 2 is 2.00 bits per heavy atom. The molecule has 1 saturated carbocycles. The van der Waals surface area contributed by atoms with E-state index in [1.54, 1.807) is 0 Å². The molecule has 0 aromatic heterocycles. The summed E-state index contributed by atoms with van der Waals surface area (Å²) in [5.74, 6) is 1.24. The second-order valence-corrected chi connectivity index (χ2v) is 7.66. The number of sulfone groups is 1. The Kier molecular flexibility index (Phi) is 2.86. The van der Waals surface area contributed by atoms with Gasteiger partial charge in [-0.15, -0.1) is 0 Å². The molecule has 1 aliphatic heterocycles. The standard InChI is InChI=1S/C8H13IO3S/c9-7-4-13(10,11)5-8(7)12-3-6-1-2-6/h6-8H,1-5H2. The minimum Gasteiger partial charge on any atom is -0.376 e. The monoisotopic (exact) mass is 316 g/mol. The zero-order valence-corrected chi connectivity index (χ0v) is 10.3. The van der Waals surface area contributed by atoms with Crippen LogP contribution >= 0.6 is 22.6 Å². The van der Waals surface area contributed by atoms with Crippen molar-refractivity contribution in [2.24, 2.45) is 5.92 Å². The second-order valence-electron chi connectivity index (χ2n) is 3.91. The molecule has 0 bridgehead atoms. The number of ether oxygens (including phenoxy) is 1. The maximum atomic E-state index is 11.2. The van der Waals surface area contributed by atoms with Crippen molar-refractivity contribution < 1.29 is 13.2 Å². The number of hydrogen-bond donors (Lipinski definition) is 0. The molecule has 2 fully saturated rings. The first-order valence-corrected chi connectivity index (χ1v) is 7.59. The van der Waals surface area contributed by atoms with E-state index in [1.807, 2.05) is 0 Å². The van der Waals surface area contributed by atoms with Crippen LogP contribution in [0.25, 0.3) is 0 Å². The molecule has 0 radical (unpaired) electrons. The van der Waals surface area contributed by atoms with Crippen molar-refractivity contribution in [1.29, 1.82) is 0 Å². The first-order chi connectivity index (χ1) is 6.07. The molecule has 0 N–H and O–H groups in total. The molecule has 5 heteroatoms. The van der Waals surface area contributed by atoms with Gasteiger partial charge in [-0.2, -0.15) is 0 Å². The summed E-state index contributed by atoms with van der Waals surface area (Å²) in [7, 11) is -2.80. The maximum absolute atomic E-state index is 11.2. The van der Waals surface area contributed by atoms with Crippen LogP contribution in [-0.4, -0.2) is 36.6 Å². The number of alkyl halides is 1. The van der Waals surface area contributed by atoms with Gasteiger partial charge in [0.05, 0.1) is 21.5 Å². The lowest BCUT2D eigenvalue weighted by atomic mass is 10.3. The number of rotatable bonds is 3. The van der Waals surface area contributed by atoms with Crippen LogP contribution < -0.4 is 0 Å². The molecular weight excluding hydrogens is 303 g/mol. The number of hydrogen-bond acceptors (Lipinski definition) is 3. The molecular formula is C8H13IO3S. The van der Waals surface area contributed by atoms with E-state index >= 15 is 0 Å². The van der Waals surface area contributed by atoms with Crippen LogP contribution in [0, 0.1) is 5.92 Å². The molecule has 2 atom stereocenters. The quantitative estimate of drug-likeness (QED) is 0.577. The first-order valence-electron chi connectivity index (χ1n) is 4.53. The summed E-state index contributed by atoms with van der Waals surface area (Å²) in [5.41, 5.74) is 0. The third kappa shape index (κ3) is 2.79. The van der Waals surface area contributed by atoms with E-state index in [-0.39, 0.29) is 15.8 Å². The average Bonchev–Trinajstić information content (AvgIpc) is 2.75. The van der Waals surface area contributed by atoms with Crippen molar-refractivity contribution in [2.75, 3.05) is 18.1 Å². The van der Waals surface area contributed by atoms with Crippen molar-refractivity contribution in [3.63, 3.8) is 0 Å². The average molecular weight is 316 g/mol. The molecule has 0 spiro atoms. The van der Waals surface area contributed by atoms with Crippen LogP contribution in [0.5, 0.6) is 0 Å². The normalized spacial score (nSPS) is 37.9. The van der Waals surface area contributed by atoms with Gasteiger partial charge >= 0.3 is 0 Å². The lowest BCUT2D eigenvalue weighted by molar-refractivity contribution is 0.0690. The van der Waals surface area contributed by atoms with Crippen LogP contribution in [0.3, 0.4) is 0 Å². The fourth-order valence-electron chi connectivity index (χ4n) is 1.47. The molecule has 1 heterocycles. The van der Waals surface area contributed by atoms with Gasteiger partial charge in [0.2, 0.25) is 0 Å². The van der Waals surface area contributed by atoms with Gasteiger partial charge in [-0.25, -0.2) is 8.42 Å².